The molecule has 8 nitrogen and oxygen atoms in total. The van der Waals surface area contributed by atoms with Crippen molar-refractivity contribution in [3.63, 3.8) is 0 Å². The molecule has 3 heterocycles. The van der Waals surface area contributed by atoms with Gasteiger partial charge in [0.05, 0.1) is 18.2 Å². The summed E-state index contributed by atoms with van der Waals surface area (Å²) in [5.74, 6) is -0.133. The van der Waals surface area contributed by atoms with Crippen LogP contribution in [-0.4, -0.2) is 41.5 Å². The van der Waals surface area contributed by atoms with E-state index in [2.05, 4.69) is 24.9 Å². The minimum atomic E-state index is -0.210. The number of carbonyl (C=O) groups is 2. The van der Waals surface area contributed by atoms with Crippen LogP contribution in [0, 0.1) is 17.2 Å². The Balaban J connectivity index is 1.72. The van der Waals surface area contributed by atoms with Gasteiger partial charge in [0.15, 0.2) is 0 Å². The molecule has 0 aliphatic carbocycles. The van der Waals surface area contributed by atoms with Gasteiger partial charge < -0.3 is 21.1 Å². The quantitative estimate of drug-likeness (QED) is 0.500. The second-order valence-corrected chi connectivity index (χ2v) is 9.98. The molecule has 0 atom stereocenters. The Bertz CT molecular complexity index is 1320. The van der Waals surface area contributed by atoms with Crippen molar-refractivity contribution in [3.05, 3.63) is 40.3 Å². The van der Waals surface area contributed by atoms with Gasteiger partial charge in [0, 0.05) is 24.0 Å². The molecule has 0 unspecified atom stereocenters. The fraction of sp³-hybridized carbons (Fsp3) is 0.385. The van der Waals surface area contributed by atoms with Crippen LogP contribution in [0.15, 0.2) is 24.3 Å². The molecular formula is C26H29N5O3S. The van der Waals surface area contributed by atoms with E-state index in [0.717, 1.165) is 5.56 Å². The maximum atomic E-state index is 13.4. The first kappa shape index (κ1) is 24.5. The van der Waals surface area contributed by atoms with Gasteiger partial charge in [-0.2, -0.15) is 5.26 Å². The summed E-state index contributed by atoms with van der Waals surface area (Å²) in [6.07, 6.45) is 1.10. The Morgan fingerprint density at radius 2 is 1.89 bits per heavy atom. The lowest BCUT2D eigenvalue weighted by Gasteiger charge is -2.30. The van der Waals surface area contributed by atoms with Gasteiger partial charge in [-0.1, -0.05) is 38.1 Å². The normalized spacial score (nSPS) is 14.3. The third-order valence-corrected chi connectivity index (χ3v) is 7.57. The summed E-state index contributed by atoms with van der Waals surface area (Å²) in [7, 11) is 0. The molecule has 4 N–H and O–H groups in total. The van der Waals surface area contributed by atoms with E-state index >= 15 is 0 Å². The number of esters is 1. The number of nitrogen functional groups attached to an aromatic ring is 2. The predicted octanol–water partition coefficient (Wildman–Crippen LogP) is 4.54. The maximum Gasteiger partial charge on any atom is 0.309 e. The van der Waals surface area contributed by atoms with Crippen LogP contribution in [0.4, 0.5) is 11.5 Å². The van der Waals surface area contributed by atoms with Crippen molar-refractivity contribution >= 4 is 44.9 Å². The Kier molecular flexibility index (Phi) is 6.94. The number of carbonyl (C=O) groups excluding carboxylic acids is 2. The second kappa shape index (κ2) is 9.92. The SMILES string of the molecule is CCOC(=O)C1CCN(C(=O)c2sc3nc(N)c(C#N)c(-c4ccc(C(C)C)cc4)c3c2N)CC1. The highest BCUT2D eigenvalue weighted by Gasteiger charge is 2.31. The van der Waals surface area contributed by atoms with Crippen molar-refractivity contribution in [3.8, 4) is 17.2 Å². The number of hydrogen-bond acceptors (Lipinski definition) is 8. The summed E-state index contributed by atoms with van der Waals surface area (Å²) in [4.78, 5) is 32.5. The van der Waals surface area contributed by atoms with Crippen LogP contribution in [0.3, 0.4) is 0 Å². The van der Waals surface area contributed by atoms with Gasteiger partial charge >= 0.3 is 5.97 Å². The Morgan fingerprint density at radius 1 is 1.23 bits per heavy atom. The van der Waals surface area contributed by atoms with E-state index in [4.69, 9.17) is 16.2 Å². The van der Waals surface area contributed by atoms with Gasteiger partial charge in [-0.3, -0.25) is 9.59 Å². The van der Waals surface area contributed by atoms with E-state index in [-0.39, 0.29) is 29.2 Å². The third-order valence-electron chi connectivity index (χ3n) is 6.48. The molecule has 3 aromatic rings. The number of benzene rings is 1. The fourth-order valence-electron chi connectivity index (χ4n) is 4.49. The van der Waals surface area contributed by atoms with Gasteiger partial charge in [0.2, 0.25) is 0 Å². The number of nitrogens with zero attached hydrogens (tertiary/aromatic N) is 3. The van der Waals surface area contributed by atoms with Crippen LogP contribution >= 0.6 is 11.3 Å². The number of piperidine rings is 1. The zero-order chi connectivity index (χ0) is 25.3. The molecule has 0 spiro atoms. The van der Waals surface area contributed by atoms with Crippen LogP contribution in [0.5, 0.6) is 0 Å². The number of pyridine rings is 1. The van der Waals surface area contributed by atoms with Gasteiger partial charge in [-0.25, -0.2) is 4.98 Å². The summed E-state index contributed by atoms with van der Waals surface area (Å²) in [6.45, 7) is 7.24. The molecule has 1 aromatic carbocycles. The molecule has 9 heteroatoms. The van der Waals surface area contributed by atoms with E-state index in [0.29, 0.717) is 64.8 Å². The molecule has 1 aliphatic rings. The number of likely N-dealkylation sites (tertiary alicyclic amines) is 1. The molecule has 0 saturated carbocycles. The third kappa shape index (κ3) is 4.54. The van der Waals surface area contributed by atoms with E-state index in [1.54, 1.807) is 11.8 Å². The molecule has 0 radical (unpaired) electrons. The molecule has 2 aromatic heterocycles. The number of thiophene rings is 1. The molecule has 1 aliphatic heterocycles. The number of fused-ring (bicyclic) bond motifs is 1. The number of amides is 1. The summed E-state index contributed by atoms with van der Waals surface area (Å²) >= 11 is 1.18. The smallest absolute Gasteiger partial charge is 0.309 e. The number of rotatable bonds is 5. The predicted molar refractivity (Wildman–Crippen MR) is 138 cm³/mol. The van der Waals surface area contributed by atoms with Crippen molar-refractivity contribution in [2.45, 2.75) is 39.5 Å². The molecule has 35 heavy (non-hydrogen) atoms. The van der Waals surface area contributed by atoms with Crippen LogP contribution < -0.4 is 11.5 Å². The molecule has 1 amide bonds. The second-order valence-electron chi connectivity index (χ2n) is 8.98. The number of nitriles is 1. The molecular weight excluding hydrogens is 462 g/mol. The Hall–Kier alpha value is -3.64. The van der Waals surface area contributed by atoms with Crippen LogP contribution in [0.2, 0.25) is 0 Å². The average molecular weight is 492 g/mol. The first-order valence-corrected chi connectivity index (χ1v) is 12.6. The number of nitrogens with two attached hydrogens (primary N) is 2. The fourth-order valence-corrected chi connectivity index (χ4v) is 5.57. The highest BCUT2D eigenvalue weighted by Crippen LogP contribution is 2.43. The van der Waals surface area contributed by atoms with Crippen molar-refractivity contribution in [1.82, 2.24) is 9.88 Å². The minimum absolute atomic E-state index is 0.110. The zero-order valence-electron chi connectivity index (χ0n) is 20.1. The highest BCUT2D eigenvalue weighted by molar-refractivity contribution is 7.21. The topological polar surface area (TPSA) is 135 Å². The number of aromatic nitrogens is 1. The van der Waals surface area contributed by atoms with Crippen molar-refractivity contribution in [2.24, 2.45) is 5.92 Å². The van der Waals surface area contributed by atoms with E-state index < -0.39 is 0 Å². The van der Waals surface area contributed by atoms with Gasteiger partial charge in [0.1, 0.15) is 27.2 Å². The highest BCUT2D eigenvalue weighted by atomic mass is 32.1. The maximum absolute atomic E-state index is 13.4. The first-order chi connectivity index (χ1) is 16.8. The van der Waals surface area contributed by atoms with Crippen LogP contribution in [0.1, 0.15) is 60.3 Å². The van der Waals surface area contributed by atoms with Crippen molar-refractivity contribution in [2.75, 3.05) is 31.2 Å². The number of anilines is 2. The molecule has 0 bridgehead atoms. The zero-order valence-corrected chi connectivity index (χ0v) is 20.9. The van der Waals surface area contributed by atoms with Gasteiger partial charge in [-0.05, 0) is 36.8 Å². The lowest BCUT2D eigenvalue weighted by atomic mass is 9.94. The number of hydrogen-bond donors (Lipinski definition) is 2. The summed E-state index contributed by atoms with van der Waals surface area (Å²) in [6, 6.07) is 10.1. The molecule has 1 fully saturated rings. The molecule has 182 valence electrons. The largest absolute Gasteiger partial charge is 0.466 e. The summed E-state index contributed by atoms with van der Waals surface area (Å²) < 4.78 is 5.12. The Labute approximate surface area is 208 Å². The van der Waals surface area contributed by atoms with Crippen LogP contribution in [0.25, 0.3) is 21.3 Å². The van der Waals surface area contributed by atoms with E-state index in [1.165, 1.54) is 16.9 Å². The standard InChI is InChI=1S/C26H29N5O3S/c1-4-34-26(33)17-9-11-31(12-10-17)25(32)22-21(28)20-19(16-7-5-15(6-8-16)14(2)3)18(13-27)23(29)30-24(20)35-22/h5-8,14,17H,4,9-12,28H2,1-3H3,(H2,29,30). The Morgan fingerprint density at radius 3 is 2.46 bits per heavy atom. The minimum Gasteiger partial charge on any atom is -0.466 e. The van der Waals surface area contributed by atoms with Crippen LogP contribution in [-0.2, 0) is 9.53 Å². The first-order valence-electron chi connectivity index (χ1n) is 11.7. The number of ether oxygens (including phenoxy) is 1. The van der Waals surface area contributed by atoms with Gasteiger partial charge in [0.25, 0.3) is 5.91 Å². The van der Waals surface area contributed by atoms with Crippen molar-refractivity contribution < 1.29 is 14.3 Å². The van der Waals surface area contributed by atoms with E-state index in [1.807, 2.05) is 24.3 Å². The summed E-state index contributed by atoms with van der Waals surface area (Å²) in [5.41, 5.74) is 15.8. The average Bonchev–Trinajstić information content (AvgIpc) is 3.18. The lowest BCUT2D eigenvalue weighted by molar-refractivity contribution is -0.149. The summed E-state index contributed by atoms with van der Waals surface area (Å²) in [5, 5.41) is 10.4. The lowest BCUT2D eigenvalue weighted by Crippen LogP contribution is -2.40. The molecule has 4 rings (SSSR count). The van der Waals surface area contributed by atoms with E-state index in [9.17, 15) is 14.9 Å². The monoisotopic (exact) mass is 491 g/mol. The van der Waals surface area contributed by atoms with Crippen molar-refractivity contribution in [1.29, 1.82) is 5.26 Å². The molecule has 1 saturated heterocycles. The van der Waals surface area contributed by atoms with Gasteiger partial charge in [-0.15, -0.1) is 11.3 Å².